The minimum Gasteiger partial charge on any atom is -0.325 e. The monoisotopic (exact) mass is 327 g/mol. The number of hydrogen-bond acceptors (Lipinski definition) is 2. The van der Waals surface area contributed by atoms with Crippen LogP contribution in [-0.2, 0) is 10.5 Å². The summed E-state index contributed by atoms with van der Waals surface area (Å²) in [4.78, 5) is 11.7. The van der Waals surface area contributed by atoms with Crippen molar-refractivity contribution in [3.8, 4) is 0 Å². The Labute approximate surface area is 130 Å². The summed E-state index contributed by atoms with van der Waals surface area (Å²) in [5.41, 5.74) is 1.18. The second kappa shape index (κ2) is 7.43. The van der Waals surface area contributed by atoms with Crippen LogP contribution < -0.4 is 5.32 Å². The second-order valence-electron chi connectivity index (χ2n) is 4.26. The molecule has 2 nitrogen and oxygen atoms in total. The van der Waals surface area contributed by atoms with Crippen LogP contribution in [0.25, 0.3) is 0 Å². The third kappa shape index (κ3) is 4.72. The van der Waals surface area contributed by atoms with Crippen molar-refractivity contribution >= 4 is 35.0 Å². The minimum absolute atomic E-state index is 0.199. The normalized spacial score (nSPS) is 10.4. The van der Waals surface area contributed by atoms with Crippen molar-refractivity contribution in [3.05, 3.63) is 64.7 Å². The molecule has 2 aromatic rings. The summed E-state index contributed by atoms with van der Waals surface area (Å²) in [5.74, 6) is -1.41. The van der Waals surface area contributed by atoms with Crippen molar-refractivity contribution in [2.75, 3.05) is 11.1 Å². The average molecular weight is 328 g/mol. The van der Waals surface area contributed by atoms with Gasteiger partial charge in [-0.05, 0) is 23.8 Å². The van der Waals surface area contributed by atoms with Gasteiger partial charge in [-0.2, -0.15) is 0 Å². The van der Waals surface area contributed by atoms with E-state index in [-0.39, 0.29) is 17.3 Å². The number of rotatable bonds is 5. The van der Waals surface area contributed by atoms with Crippen LogP contribution >= 0.6 is 23.4 Å². The van der Waals surface area contributed by atoms with E-state index < -0.39 is 11.6 Å². The molecule has 0 heterocycles. The molecule has 110 valence electrons. The van der Waals surface area contributed by atoms with Crippen LogP contribution in [0.1, 0.15) is 5.56 Å². The first-order chi connectivity index (χ1) is 10.1. The molecule has 0 aromatic heterocycles. The van der Waals surface area contributed by atoms with Gasteiger partial charge in [0.1, 0.15) is 0 Å². The Morgan fingerprint density at radius 2 is 1.90 bits per heavy atom. The summed E-state index contributed by atoms with van der Waals surface area (Å²) >= 11 is 7.40. The number of benzene rings is 2. The first-order valence-corrected chi connectivity index (χ1v) is 7.65. The van der Waals surface area contributed by atoms with Gasteiger partial charge in [0.25, 0.3) is 0 Å². The standard InChI is InChI=1S/C15H12ClF2NOS/c16-12-4-2-1-3-10(12)8-21-9-15(20)19-11-5-6-13(17)14(18)7-11/h1-7H,8-9H2,(H,19,20). The lowest BCUT2D eigenvalue weighted by atomic mass is 10.2. The molecule has 0 aliphatic carbocycles. The Morgan fingerprint density at radius 3 is 2.62 bits per heavy atom. The fraction of sp³-hybridized carbons (Fsp3) is 0.133. The molecule has 0 saturated carbocycles. The molecule has 0 radical (unpaired) electrons. The van der Waals surface area contributed by atoms with Crippen LogP contribution in [0.2, 0.25) is 5.02 Å². The van der Waals surface area contributed by atoms with Crippen LogP contribution in [0.5, 0.6) is 0 Å². The van der Waals surface area contributed by atoms with Gasteiger partial charge in [0, 0.05) is 22.5 Å². The topological polar surface area (TPSA) is 29.1 Å². The maximum atomic E-state index is 13.0. The highest BCUT2D eigenvalue weighted by molar-refractivity contribution is 7.99. The molecule has 1 N–H and O–H groups in total. The van der Waals surface area contributed by atoms with Gasteiger partial charge in [-0.25, -0.2) is 8.78 Å². The molecule has 0 fully saturated rings. The molecular weight excluding hydrogens is 316 g/mol. The van der Waals surface area contributed by atoms with E-state index in [0.717, 1.165) is 17.7 Å². The van der Waals surface area contributed by atoms with Crippen LogP contribution in [0.15, 0.2) is 42.5 Å². The number of anilines is 1. The van der Waals surface area contributed by atoms with Crippen molar-refractivity contribution in [2.24, 2.45) is 0 Å². The largest absolute Gasteiger partial charge is 0.325 e. The molecule has 0 aliphatic rings. The molecule has 0 spiro atoms. The fourth-order valence-electron chi connectivity index (χ4n) is 1.64. The third-order valence-corrected chi connectivity index (χ3v) is 4.00. The maximum absolute atomic E-state index is 13.0. The van der Waals surface area contributed by atoms with E-state index in [0.29, 0.717) is 10.8 Å². The summed E-state index contributed by atoms with van der Waals surface area (Å²) in [7, 11) is 0. The van der Waals surface area contributed by atoms with Crippen LogP contribution in [-0.4, -0.2) is 11.7 Å². The summed E-state index contributed by atoms with van der Waals surface area (Å²) in [5, 5.41) is 3.17. The average Bonchev–Trinajstić information content (AvgIpc) is 2.45. The smallest absolute Gasteiger partial charge is 0.234 e. The Hall–Kier alpha value is -1.59. The van der Waals surface area contributed by atoms with Gasteiger partial charge in [0.15, 0.2) is 11.6 Å². The van der Waals surface area contributed by atoms with Gasteiger partial charge in [0.05, 0.1) is 5.75 Å². The SMILES string of the molecule is O=C(CSCc1ccccc1Cl)Nc1ccc(F)c(F)c1. The Morgan fingerprint density at radius 1 is 1.14 bits per heavy atom. The number of amides is 1. The van der Waals surface area contributed by atoms with Crippen molar-refractivity contribution < 1.29 is 13.6 Å². The molecule has 6 heteroatoms. The van der Waals surface area contributed by atoms with E-state index in [1.807, 2.05) is 18.2 Å². The molecular formula is C15H12ClF2NOS. The summed E-state index contributed by atoms with van der Waals surface area (Å²) < 4.78 is 25.8. The van der Waals surface area contributed by atoms with Gasteiger partial charge in [-0.1, -0.05) is 29.8 Å². The van der Waals surface area contributed by atoms with Crippen LogP contribution in [0.3, 0.4) is 0 Å². The van der Waals surface area contributed by atoms with Gasteiger partial charge < -0.3 is 5.32 Å². The molecule has 0 unspecified atom stereocenters. The highest BCUT2D eigenvalue weighted by Gasteiger charge is 2.07. The van der Waals surface area contributed by atoms with Crippen molar-refractivity contribution in [1.82, 2.24) is 0 Å². The third-order valence-electron chi connectivity index (χ3n) is 2.65. The number of carbonyl (C=O) groups is 1. The van der Waals surface area contributed by atoms with E-state index in [4.69, 9.17) is 11.6 Å². The molecule has 2 rings (SSSR count). The summed E-state index contributed by atoms with van der Waals surface area (Å²) in [6.45, 7) is 0. The zero-order valence-corrected chi connectivity index (χ0v) is 12.5. The van der Waals surface area contributed by atoms with E-state index >= 15 is 0 Å². The minimum atomic E-state index is -0.989. The zero-order chi connectivity index (χ0) is 15.2. The number of halogens is 3. The van der Waals surface area contributed by atoms with E-state index in [2.05, 4.69) is 5.32 Å². The number of hydrogen-bond donors (Lipinski definition) is 1. The Kier molecular flexibility index (Phi) is 5.59. The molecule has 21 heavy (non-hydrogen) atoms. The summed E-state index contributed by atoms with van der Waals surface area (Å²) in [6.07, 6.45) is 0. The quantitative estimate of drug-likeness (QED) is 0.876. The molecule has 0 atom stereocenters. The first-order valence-electron chi connectivity index (χ1n) is 6.12. The van der Waals surface area contributed by atoms with Gasteiger partial charge >= 0.3 is 0 Å². The van der Waals surface area contributed by atoms with E-state index in [1.54, 1.807) is 6.07 Å². The Bertz CT molecular complexity index is 651. The number of thioether (sulfide) groups is 1. The van der Waals surface area contributed by atoms with Gasteiger partial charge in [0.2, 0.25) is 5.91 Å². The predicted molar refractivity (Wildman–Crippen MR) is 82.6 cm³/mol. The Balaban J connectivity index is 1.82. The van der Waals surface area contributed by atoms with E-state index in [1.165, 1.54) is 17.8 Å². The van der Waals surface area contributed by atoms with Gasteiger partial charge in [-0.3, -0.25) is 4.79 Å². The lowest BCUT2D eigenvalue weighted by Gasteiger charge is -2.06. The van der Waals surface area contributed by atoms with Crippen LogP contribution in [0, 0.1) is 11.6 Å². The summed E-state index contributed by atoms with van der Waals surface area (Å²) in [6, 6.07) is 10.6. The predicted octanol–water partition coefficient (Wildman–Crippen LogP) is 4.49. The lowest BCUT2D eigenvalue weighted by Crippen LogP contribution is -2.14. The van der Waals surface area contributed by atoms with Gasteiger partial charge in [-0.15, -0.1) is 11.8 Å². The number of nitrogens with one attached hydrogen (secondary N) is 1. The molecule has 2 aromatic carbocycles. The second-order valence-corrected chi connectivity index (χ2v) is 5.65. The van der Waals surface area contributed by atoms with Crippen molar-refractivity contribution in [2.45, 2.75) is 5.75 Å². The highest BCUT2D eigenvalue weighted by atomic mass is 35.5. The fourth-order valence-corrected chi connectivity index (χ4v) is 2.75. The van der Waals surface area contributed by atoms with E-state index in [9.17, 15) is 13.6 Å². The van der Waals surface area contributed by atoms with Crippen molar-refractivity contribution in [3.63, 3.8) is 0 Å². The number of carbonyl (C=O) groups excluding carboxylic acids is 1. The lowest BCUT2D eigenvalue weighted by molar-refractivity contribution is -0.113. The molecule has 0 saturated heterocycles. The first kappa shape index (κ1) is 15.8. The van der Waals surface area contributed by atoms with Crippen molar-refractivity contribution in [1.29, 1.82) is 0 Å². The molecule has 0 bridgehead atoms. The molecule has 1 amide bonds. The highest BCUT2D eigenvalue weighted by Crippen LogP contribution is 2.21. The molecule has 0 aliphatic heterocycles. The zero-order valence-electron chi connectivity index (χ0n) is 10.9. The van der Waals surface area contributed by atoms with Crippen LogP contribution in [0.4, 0.5) is 14.5 Å². The maximum Gasteiger partial charge on any atom is 0.234 e.